The molecule has 0 aromatic heterocycles. The number of fused-ring (bicyclic) bond motifs is 3. The fourth-order valence-corrected chi connectivity index (χ4v) is 4.08. The Hall–Kier alpha value is -4.06. The number of nitrogen functional groups attached to an aromatic ring is 1. The minimum absolute atomic E-state index is 0.0353. The van der Waals surface area contributed by atoms with E-state index in [1.165, 1.54) is 29.4 Å². The molecule has 3 N–H and O–H groups in total. The van der Waals surface area contributed by atoms with Gasteiger partial charge in [0.1, 0.15) is 6.61 Å². The number of carbonyl (C=O) groups is 2. The molecule has 168 valence electrons. The lowest BCUT2D eigenvalue weighted by Gasteiger charge is -2.14. The number of hydrogen-bond donors (Lipinski definition) is 2. The Labute approximate surface area is 193 Å². The van der Waals surface area contributed by atoms with Crippen LogP contribution in [0.4, 0.5) is 10.5 Å². The number of amides is 1. The van der Waals surface area contributed by atoms with E-state index in [9.17, 15) is 9.59 Å². The molecule has 1 aliphatic carbocycles. The molecule has 4 rings (SSSR count). The van der Waals surface area contributed by atoms with Crippen LogP contribution in [0, 0.1) is 0 Å². The van der Waals surface area contributed by atoms with Gasteiger partial charge < -0.3 is 20.5 Å². The average Bonchev–Trinajstić information content (AvgIpc) is 3.16. The van der Waals surface area contributed by atoms with Gasteiger partial charge in [0.25, 0.3) is 0 Å². The van der Waals surface area contributed by atoms with Crippen LogP contribution in [-0.4, -0.2) is 32.3 Å². The molecule has 3 aromatic carbocycles. The number of carbonyl (C=O) groups excluding carboxylic acids is 2. The van der Waals surface area contributed by atoms with Gasteiger partial charge in [-0.15, -0.1) is 0 Å². The summed E-state index contributed by atoms with van der Waals surface area (Å²) in [6.07, 6.45) is 3.85. The van der Waals surface area contributed by atoms with Crippen LogP contribution in [-0.2, 0) is 9.47 Å². The molecule has 1 aliphatic rings. The fourth-order valence-electron chi connectivity index (χ4n) is 4.08. The third-order valence-corrected chi connectivity index (χ3v) is 5.73. The molecule has 0 heterocycles. The number of anilines is 1. The third-order valence-electron chi connectivity index (χ3n) is 5.73. The van der Waals surface area contributed by atoms with Gasteiger partial charge in [0, 0.05) is 18.2 Å². The molecule has 0 spiro atoms. The predicted molar refractivity (Wildman–Crippen MR) is 129 cm³/mol. The van der Waals surface area contributed by atoms with E-state index in [-0.39, 0.29) is 12.5 Å². The number of ether oxygens (including phenoxy) is 2. The van der Waals surface area contributed by atoms with Crippen molar-refractivity contribution in [3.63, 3.8) is 0 Å². The summed E-state index contributed by atoms with van der Waals surface area (Å²) in [6.45, 7) is 0.705. The molecule has 0 aliphatic heterocycles. The van der Waals surface area contributed by atoms with Crippen LogP contribution >= 0.6 is 0 Å². The molecule has 1 amide bonds. The van der Waals surface area contributed by atoms with E-state index in [4.69, 9.17) is 15.2 Å². The van der Waals surface area contributed by atoms with E-state index in [2.05, 4.69) is 29.6 Å². The van der Waals surface area contributed by atoms with Gasteiger partial charge >= 0.3 is 12.1 Å². The summed E-state index contributed by atoms with van der Waals surface area (Å²) in [5.41, 5.74) is 12.4. The second-order valence-corrected chi connectivity index (χ2v) is 7.78. The molecule has 33 heavy (non-hydrogen) atoms. The Bertz CT molecular complexity index is 1160. The van der Waals surface area contributed by atoms with Crippen molar-refractivity contribution < 1.29 is 19.1 Å². The highest BCUT2D eigenvalue weighted by Gasteiger charge is 2.28. The highest BCUT2D eigenvalue weighted by Crippen LogP contribution is 2.44. The normalized spacial score (nSPS) is 12.3. The summed E-state index contributed by atoms with van der Waals surface area (Å²) >= 11 is 0. The van der Waals surface area contributed by atoms with Crippen LogP contribution in [0.5, 0.6) is 0 Å². The highest BCUT2D eigenvalue weighted by atomic mass is 16.5. The second kappa shape index (κ2) is 10.0. The number of hydrogen-bond acceptors (Lipinski definition) is 5. The van der Waals surface area contributed by atoms with Crippen LogP contribution in [0.2, 0.25) is 0 Å². The van der Waals surface area contributed by atoms with Crippen molar-refractivity contribution in [2.45, 2.75) is 12.3 Å². The Morgan fingerprint density at radius 2 is 1.67 bits per heavy atom. The summed E-state index contributed by atoms with van der Waals surface area (Å²) in [7, 11) is 1.34. The maximum atomic E-state index is 12.2. The van der Waals surface area contributed by atoms with Crippen molar-refractivity contribution in [2.24, 2.45) is 0 Å². The first-order valence-corrected chi connectivity index (χ1v) is 10.8. The summed E-state index contributed by atoms with van der Waals surface area (Å²) in [6, 6.07) is 21.4. The lowest BCUT2D eigenvalue weighted by atomic mass is 9.98. The zero-order valence-corrected chi connectivity index (χ0v) is 18.4. The van der Waals surface area contributed by atoms with Crippen molar-refractivity contribution in [3.05, 3.63) is 95.1 Å². The lowest BCUT2D eigenvalue weighted by molar-refractivity contribution is 0.0600. The van der Waals surface area contributed by atoms with Gasteiger partial charge in [-0.05, 0) is 52.4 Å². The van der Waals surface area contributed by atoms with Crippen molar-refractivity contribution in [2.75, 3.05) is 26.0 Å². The summed E-state index contributed by atoms with van der Waals surface area (Å²) in [4.78, 5) is 23.9. The van der Waals surface area contributed by atoms with Crippen LogP contribution in [0.15, 0.2) is 72.8 Å². The molecule has 0 saturated heterocycles. The number of benzene rings is 3. The second-order valence-electron chi connectivity index (χ2n) is 7.78. The van der Waals surface area contributed by atoms with Crippen molar-refractivity contribution in [3.8, 4) is 11.1 Å². The van der Waals surface area contributed by atoms with Gasteiger partial charge in [0.15, 0.2) is 0 Å². The molecular formula is C27H26N2O4. The van der Waals surface area contributed by atoms with E-state index >= 15 is 0 Å². The Kier molecular flexibility index (Phi) is 6.74. The van der Waals surface area contributed by atoms with E-state index in [0.717, 1.165) is 5.56 Å². The quantitative estimate of drug-likeness (QED) is 0.305. The molecule has 3 aromatic rings. The van der Waals surface area contributed by atoms with Gasteiger partial charge in [0.2, 0.25) is 0 Å². The monoisotopic (exact) mass is 442 g/mol. The lowest BCUT2D eigenvalue weighted by Crippen LogP contribution is -2.26. The minimum Gasteiger partial charge on any atom is -0.465 e. The van der Waals surface area contributed by atoms with Crippen molar-refractivity contribution in [1.82, 2.24) is 5.32 Å². The van der Waals surface area contributed by atoms with E-state index in [0.29, 0.717) is 24.2 Å². The van der Waals surface area contributed by atoms with E-state index in [1.54, 1.807) is 18.2 Å². The minimum atomic E-state index is -0.447. The molecule has 0 unspecified atom stereocenters. The zero-order chi connectivity index (χ0) is 23.2. The smallest absolute Gasteiger partial charge is 0.407 e. The largest absolute Gasteiger partial charge is 0.465 e. The van der Waals surface area contributed by atoms with Crippen LogP contribution in [0.25, 0.3) is 17.2 Å². The number of rotatable bonds is 7. The van der Waals surface area contributed by atoms with Crippen LogP contribution in [0.1, 0.15) is 39.4 Å². The first-order chi connectivity index (χ1) is 16.1. The maximum absolute atomic E-state index is 12.2. The van der Waals surface area contributed by atoms with Gasteiger partial charge in [-0.2, -0.15) is 0 Å². The molecule has 0 saturated carbocycles. The van der Waals surface area contributed by atoms with Gasteiger partial charge in [-0.3, -0.25) is 0 Å². The zero-order valence-electron chi connectivity index (χ0n) is 18.4. The Morgan fingerprint density at radius 1 is 1.00 bits per heavy atom. The third kappa shape index (κ3) is 4.90. The number of esters is 1. The Balaban J connectivity index is 1.28. The molecule has 0 radical (unpaired) electrons. The van der Waals surface area contributed by atoms with E-state index in [1.807, 2.05) is 36.4 Å². The summed E-state index contributed by atoms with van der Waals surface area (Å²) in [5, 5.41) is 2.78. The number of nitrogens with one attached hydrogen (secondary N) is 1. The molecule has 0 fully saturated rings. The first-order valence-electron chi connectivity index (χ1n) is 10.8. The van der Waals surface area contributed by atoms with Gasteiger partial charge in [-0.25, -0.2) is 9.59 Å². The highest BCUT2D eigenvalue weighted by molar-refractivity contribution is 5.91. The molecule has 0 bridgehead atoms. The number of methoxy groups -OCH3 is 1. The van der Waals surface area contributed by atoms with Crippen molar-refractivity contribution in [1.29, 1.82) is 0 Å². The van der Waals surface area contributed by atoms with Crippen molar-refractivity contribution >= 4 is 23.8 Å². The summed E-state index contributed by atoms with van der Waals surface area (Å²) < 4.78 is 10.3. The van der Waals surface area contributed by atoms with Gasteiger partial charge in [0.05, 0.1) is 12.7 Å². The molecule has 0 atom stereocenters. The van der Waals surface area contributed by atoms with Gasteiger partial charge in [-0.1, -0.05) is 60.7 Å². The van der Waals surface area contributed by atoms with Crippen LogP contribution < -0.4 is 11.1 Å². The molecular weight excluding hydrogens is 416 g/mol. The SMILES string of the molecule is COC(=O)c1ccc(N)c(C=CCCNC(=O)OCC2c3ccccc3-c3ccccc32)c1. The van der Waals surface area contributed by atoms with E-state index < -0.39 is 12.1 Å². The topological polar surface area (TPSA) is 90.6 Å². The first kappa shape index (κ1) is 22.1. The Morgan fingerprint density at radius 3 is 2.33 bits per heavy atom. The fraction of sp³-hybridized carbons (Fsp3) is 0.185. The maximum Gasteiger partial charge on any atom is 0.407 e. The average molecular weight is 443 g/mol. The van der Waals surface area contributed by atoms with Crippen LogP contribution in [0.3, 0.4) is 0 Å². The standard InChI is InChI=1S/C27H26N2O4/c1-32-26(30)19-13-14-25(28)18(16-19)8-6-7-15-29-27(31)33-17-24-22-11-4-2-9-20(22)21-10-3-5-12-23(21)24/h2-6,8-14,16,24H,7,15,17,28H2,1H3,(H,29,31). The predicted octanol–water partition coefficient (Wildman–Crippen LogP) is 5.00. The number of alkyl carbamates (subject to hydrolysis) is 1. The number of nitrogens with two attached hydrogens (primary N) is 1. The summed E-state index contributed by atoms with van der Waals surface area (Å²) in [5.74, 6) is -0.380. The molecule has 6 nitrogen and oxygen atoms in total. The molecule has 6 heteroatoms.